The third kappa shape index (κ3) is 1.16. The van der Waals surface area contributed by atoms with Gasteiger partial charge in [0.25, 0.3) is 0 Å². The van der Waals surface area contributed by atoms with E-state index >= 15 is 0 Å². The molecule has 0 radical (unpaired) electrons. The Labute approximate surface area is 66.6 Å². The second-order valence-corrected chi connectivity index (χ2v) is 2.82. The normalized spacial score (nSPS) is 10.1. The van der Waals surface area contributed by atoms with Gasteiger partial charge in [0.05, 0.1) is 5.69 Å². The smallest absolute Gasteiger partial charge is 0.132 e. The Kier molecular flexibility index (Phi) is 1.77. The number of nitrogens with one attached hydrogen (secondary N) is 1. The van der Waals surface area contributed by atoms with E-state index in [0.717, 1.165) is 17.0 Å². The first-order chi connectivity index (χ1) is 5.04. The molecule has 0 fully saturated rings. The SMILES string of the molecule is C=C(O)c1[nH]c(C)c(C)c1C. The van der Waals surface area contributed by atoms with Gasteiger partial charge in [-0.05, 0) is 31.9 Å². The van der Waals surface area contributed by atoms with Gasteiger partial charge in [-0.2, -0.15) is 0 Å². The highest BCUT2D eigenvalue weighted by atomic mass is 16.3. The Balaban J connectivity index is 3.29. The maximum atomic E-state index is 9.12. The molecule has 60 valence electrons. The molecule has 1 rings (SSSR count). The number of aryl methyl sites for hydroxylation is 1. The Bertz CT molecular complexity index is 297. The molecule has 2 N–H and O–H groups in total. The van der Waals surface area contributed by atoms with Crippen molar-refractivity contribution in [2.24, 2.45) is 0 Å². The van der Waals surface area contributed by atoms with E-state index in [-0.39, 0.29) is 5.76 Å². The monoisotopic (exact) mass is 151 g/mol. The van der Waals surface area contributed by atoms with Gasteiger partial charge in [-0.25, -0.2) is 0 Å². The Morgan fingerprint density at radius 3 is 2.00 bits per heavy atom. The summed E-state index contributed by atoms with van der Waals surface area (Å²) in [7, 11) is 0. The number of hydrogen-bond acceptors (Lipinski definition) is 1. The van der Waals surface area contributed by atoms with Gasteiger partial charge >= 0.3 is 0 Å². The maximum absolute atomic E-state index is 9.12. The first-order valence-electron chi connectivity index (χ1n) is 3.58. The third-order valence-electron chi connectivity index (χ3n) is 2.10. The molecular formula is C9H13NO. The lowest BCUT2D eigenvalue weighted by Crippen LogP contribution is -1.83. The fraction of sp³-hybridized carbons (Fsp3) is 0.333. The van der Waals surface area contributed by atoms with Crippen molar-refractivity contribution in [1.29, 1.82) is 0 Å². The van der Waals surface area contributed by atoms with Gasteiger partial charge in [0, 0.05) is 5.69 Å². The summed E-state index contributed by atoms with van der Waals surface area (Å²) in [5.74, 6) is 0.110. The molecule has 1 heterocycles. The van der Waals surface area contributed by atoms with Gasteiger partial charge in [-0.1, -0.05) is 6.58 Å². The predicted molar refractivity (Wildman–Crippen MR) is 46.7 cm³/mol. The van der Waals surface area contributed by atoms with Crippen LogP contribution in [-0.4, -0.2) is 10.1 Å². The van der Waals surface area contributed by atoms with Crippen LogP contribution in [0.2, 0.25) is 0 Å². The summed E-state index contributed by atoms with van der Waals surface area (Å²) in [6.07, 6.45) is 0. The Hall–Kier alpha value is -1.18. The zero-order valence-corrected chi connectivity index (χ0v) is 7.15. The molecule has 0 unspecified atom stereocenters. The highest BCUT2D eigenvalue weighted by Gasteiger charge is 2.08. The van der Waals surface area contributed by atoms with E-state index in [2.05, 4.69) is 11.6 Å². The minimum atomic E-state index is 0.110. The predicted octanol–water partition coefficient (Wildman–Crippen LogP) is 2.47. The van der Waals surface area contributed by atoms with E-state index in [1.165, 1.54) is 5.56 Å². The van der Waals surface area contributed by atoms with Crippen LogP contribution in [0.5, 0.6) is 0 Å². The summed E-state index contributed by atoms with van der Waals surface area (Å²) in [6.45, 7) is 9.44. The lowest BCUT2D eigenvalue weighted by atomic mass is 10.1. The van der Waals surface area contributed by atoms with Crippen LogP contribution in [-0.2, 0) is 0 Å². The van der Waals surface area contributed by atoms with Crippen molar-refractivity contribution >= 4 is 5.76 Å². The Morgan fingerprint density at radius 2 is 1.82 bits per heavy atom. The maximum Gasteiger partial charge on any atom is 0.132 e. The summed E-state index contributed by atoms with van der Waals surface area (Å²) < 4.78 is 0. The molecule has 0 aliphatic heterocycles. The highest BCUT2D eigenvalue weighted by molar-refractivity contribution is 5.58. The molecule has 0 atom stereocenters. The van der Waals surface area contributed by atoms with Crippen LogP contribution in [0.1, 0.15) is 22.5 Å². The van der Waals surface area contributed by atoms with E-state index in [9.17, 15) is 0 Å². The molecule has 1 aromatic rings. The lowest BCUT2D eigenvalue weighted by molar-refractivity contribution is 0.510. The van der Waals surface area contributed by atoms with Crippen molar-refractivity contribution in [3.05, 3.63) is 29.1 Å². The third-order valence-corrected chi connectivity index (χ3v) is 2.10. The standard InChI is InChI=1S/C9H13NO/c1-5-6(2)9(8(4)11)10-7(5)3/h10-11H,4H2,1-3H3. The fourth-order valence-electron chi connectivity index (χ4n) is 1.13. The Morgan fingerprint density at radius 1 is 1.27 bits per heavy atom. The molecule has 0 saturated carbocycles. The first kappa shape index (κ1) is 7.92. The largest absolute Gasteiger partial charge is 0.506 e. The molecule has 0 saturated heterocycles. The van der Waals surface area contributed by atoms with Crippen molar-refractivity contribution in [3.8, 4) is 0 Å². The van der Waals surface area contributed by atoms with Crippen LogP contribution < -0.4 is 0 Å². The lowest BCUT2D eigenvalue weighted by Gasteiger charge is -1.95. The van der Waals surface area contributed by atoms with Crippen LogP contribution >= 0.6 is 0 Å². The first-order valence-corrected chi connectivity index (χ1v) is 3.58. The van der Waals surface area contributed by atoms with E-state index in [0.29, 0.717) is 0 Å². The van der Waals surface area contributed by atoms with Crippen molar-refractivity contribution in [3.63, 3.8) is 0 Å². The summed E-state index contributed by atoms with van der Waals surface area (Å²) in [5, 5.41) is 9.12. The highest BCUT2D eigenvalue weighted by Crippen LogP contribution is 2.20. The number of aliphatic hydroxyl groups excluding tert-OH is 1. The van der Waals surface area contributed by atoms with E-state index in [4.69, 9.17) is 5.11 Å². The van der Waals surface area contributed by atoms with Gasteiger partial charge in [0.15, 0.2) is 0 Å². The second kappa shape index (κ2) is 2.46. The molecule has 0 amide bonds. The minimum Gasteiger partial charge on any atom is -0.506 e. The molecule has 0 aromatic carbocycles. The van der Waals surface area contributed by atoms with Gasteiger partial charge in [0.1, 0.15) is 5.76 Å². The zero-order chi connectivity index (χ0) is 8.59. The number of aliphatic hydroxyl groups is 1. The van der Waals surface area contributed by atoms with Crippen molar-refractivity contribution in [2.75, 3.05) is 0 Å². The minimum absolute atomic E-state index is 0.110. The van der Waals surface area contributed by atoms with Crippen molar-refractivity contribution in [2.45, 2.75) is 20.8 Å². The molecule has 1 aromatic heterocycles. The second-order valence-electron chi connectivity index (χ2n) is 2.82. The molecule has 11 heavy (non-hydrogen) atoms. The number of hydrogen-bond donors (Lipinski definition) is 2. The summed E-state index contributed by atoms with van der Waals surface area (Å²) >= 11 is 0. The molecular weight excluding hydrogens is 138 g/mol. The molecule has 0 bridgehead atoms. The van der Waals surface area contributed by atoms with Crippen molar-refractivity contribution < 1.29 is 5.11 Å². The van der Waals surface area contributed by atoms with Crippen LogP contribution in [0.15, 0.2) is 6.58 Å². The quantitative estimate of drug-likeness (QED) is 0.594. The fourth-order valence-corrected chi connectivity index (χ4v) is 1.13. The van der Waals surface area contributed by atoms with Gasteiger partial charge in [0.2, 0.25) is 0 Å². The molecule has 0 aliphatic rings. The van der Waals surface area contributed by atoms with Crippen molar-refractivity contribution in [1.82, 2.24) is 4.98 Å². The van der Waals surface area contributed by atoms with Crippen LogP contribution in [0.25, 0.3) is 5.76 Å². The van der Waals surface area contributed by atoms with Gasteiger partial charge < -0.3 is 10.1 Å². The van der Waals surface area contributed by atoms with E-state index in [1.54, 1.807) is 0 Å². The van der Waals surface area contributed by atoms with E-state index < -0.39 is 0 Å². The van der Waals surface area contributed by atoms with Crippen LogP contribution in [0, 0.1) is 20.8 Å². The van der Waals surface area contributed by atoms with Gasteiger partial charge in [-0.15, -0.1) is 0 Å². The average molecular weight is 151 g/mol. The van der Waals surface area contributed by atoms with E-state index in [1.807, 2.05) is 20.8 Å². The molecule has 2 heteroatoms. The summed E-state index contributed by atoms with van der Waals surface area (Å²) in [5.41, 5.74) is 4.11. The van der Waals surface area contributed by atoms with Crippen LogP contribution in [0.3, 0.4) is 0 Å². The average Bonchev–Trinajstić information content (AvgIpc) is 2.17. The van der Waals surface area contributed by atoms with Gasteiger partial charge in [-0.3, -0.25) is 0 Å². The summed E-state index contributed by atoms with van der Waals surface area (Å²) in [4.78, 5) is 3.06. The number of aromatic amines is 1. The zero-order valence-electron chi connectivity index (χ0n) is 7.15. The van der Waals surface area contributed by atoms with Crippen LogP contribution in [0.4, 0.5) is 0 Å². The number of rotatable bonds is 1. The topological polar surface area (TPSA) is 36.0 Å². The molecule has 2 nitrogen and oxygen atoms in total. The molecule has 0 aliphatic carbocycles. The number of H-pyrrole nitrogens is 1. The molecule has 0 spiro atoms. The summed E-state index contributed by atoms with van der Waals surface area (Å²) in [6, 6.07) is 0. The number of aromatic nitrogens is 1.